The number of anilines is 1. The number of ether oxygens (including phenoxy) is 1. The molecule has 1 fully saturated rings. The molecule has 0 radical (unpaired) electrons. The van der Waals surface area contributed by atoms with E-state index < -0.39 is 4.92 Å². The van der Waals surface area contributed by atoms with Gasteiger partial charge >= 0.3 is 0 Å². The zero-order valence-corrected chi connectivity index (χ0v) is 19.2. The van der Waals surface area contributed by atoms with E-state index in [1.54, 1.807) is 30.0 Å². The van der Waals surface area contributed by atoms with Gasteiger partial charge in [0.1, 0.15) is 0 Å². The van der Waals surface area contributed by atoms with E-state index in [2.05, 4.69) is 27.6 Å². The van der Waals surface area contributed by atoms with Crippen molar-refractivity contribution in [1.29, 1.82) is 0 Å². The van der Waals surface area contributed by atoms with E-state index in [4.69, 9.17) is 4.74 Å². The standard InChI is InChI=1S/C25H24N4O4S/c30-25(20-8-6-19(7-9-20)18-34-23-4-2-1-3-5-23)27-26-17-21-16-22(29(31)32)10-11-24(21)28-12-14-33-15-13-28/h1-11,16-17H,12-15,18H2,(H,27,30)/b26-17+. The Morgan fingerprint density at radius 1 is 1.09 bits per heavy atom. The summed E-state index contributed by atoms with van der Waals surface area (Å²) in [5.41, 5.74) is 5.45. The molecule has 1 aliphatic heterocycles. The van der Waals surface area contributed by atoms with Gasteiger partial charge in [-0.3, -0.25) is 14.9 Å². The van der Waals surface area contributed by atoms with E-state index in [9.17, 15) is 14.9 Å². The quantitative estimate of drug-likeness (QED) is 0.223. The molecule has 3 aromatic rings. The van der Waals surface area contributed by atoms with E-state index in [1.807, 2.05) is 30.3 Å². The molecular formula is C25H24N4O4S. The van der Waals surface area contributed by atoms with Gasteiger partial charge in [0.2, 0.25) is 0 Å². The predicted molar refractivity (Wildman–Crippen MR) is 134 cm³/mol. The molecule has 8 nitrogen and oxygen atoms in total. The van der Waals surface area contributed by atoms with Crippen LogP contribution in [0.15, 0.2) is 82.8 Å². The molecule has 0 aliphatic carbocycles. The number of nitrogens with one attached hydrogen (secondary N) is 1. The highest BCUT2D eigenvalue weighted by atomic mass is 32.2. The maximum atomic E-state index is 12.5. The van der Waals surface area contributed by atoms with Gasteiger partial charge in [-0.1, -0.05) is 30.3 Å². The van der Waals surface area contributed by atoms with Crippen LogP contribution in [-0.4, -0.2) is 43.3 Å². The highest BCUT2D eigenvalue weighted by Gasteiger charge is 2.17. The number of nitrogens with zero attached hydrogens (tertiary/aromatic N) is 3. The summed E-state index contributed by atoms with van der Waals surface area (Å²) in [6.07, 6.45) is 1.45. The van der Waals surface area contributed by atoms with Gasteiger partial charge in [-0.15, -0.1) is 11.8 Å². The number of rotatable bonds is 8. The van der Waals surface area contributed by atoms with Gasteiger partial charge in [0.25, 0.3) is 11.6 Å². The molecule has 9 heteroatoms. The molecule has 0 unspecified atom stereocenters. The predicted octanol–water partition coefficient (Wildman–Crippen LogP) is 4.49. The van der Waals surface area contributed by atoms with Gasteiger partial charge in [-0.25, -0.2) is 5.43 Å². The van der Waals surface area contributed by atoms with Crippen LogP contribution in [0.2, 0.25) is 0 Å². The Kier molecular flexibility index (Phi) is 7.90. The number of hydrogen-bond donors (Lipinski definition) is 1. The number of amides is 1. The van der Waals surface area contributed by atoms with Gasteiger partial charge in [0, 0.05) is 52.7 Å². The summed E-state index contributed by atoms with van der Waals surface area (Å²) in [6, 6.07) is 22.1. The molecule has 174 valence electrons. The first-order valence-electron chi connectivity index (χ1n) is 10.8. The molecule has 3 aromatic carbocycles. The number of nitro benzene ring substituents is 1. The van der Waals surface area contributed by atoms with Crippen LogP contribution in [0.25, 0.3) is 0 Å². The third-order valence-corrected chi connectivity index (χ3v) is 6.39. The average Bonchev–Trinajstić information content (AvgIpc) is 2.88. The van der Waals surface area contributed by atoms with Crippen LogP contribution in [0, 0.1) is 10.1 Å². The van der Waals surface area contributed by atoms with Crippen LogP contribution < -0.4 is 10.3 Å². The SMILES string of the molecule is O=C(N/N=C/c1cc([N+](=O)[O-])ccc1N1CCOCC1)c1ccc(CSc2ccccc2)cc1. The van der Waals surface area contributed by atoms with Crippen molar-refractivity contribution in [2.24, 2.45) is 5.10 Å². The van der Waals surface area contributed by atoms with Crippen molar-refractivity contribution in [3.05, 3.63) is 99.6 Å². The number of benzene rings is 3. The van der Waals surface area contributed by atoms with Crippen molar-refractivity contribution in [3.63, 3.8) is 0 Å². The van der Waals surface area contributed by atoms with Crippen LogP contribution in [0.3, 0.4) is 0 Å². The third kappa shape index (κ3) is 6.21. The number of thioether (sulfide) groups is 1. The van der Waals surface area contributed by atoms with Gasteiger partial charge < -0.3 is 9.64 Å². The minimum absolute atomic E-state index is 0.0336. The van der Waals surface area contributed by atoms with Crippen LogP contribution in [-0.2, 0) is 10.5 Å². The summed E-state index contributed by atoms with van der Waals surface area (Å²) in [5.74, 6) is 0.457. The minimum Gasteiger partial charge on any atom is -0.378 e. The molecule has 0 saturated carbocycles. The molecule has 0 bridgehead atoms. The summed E-state index contributed by atoms with van der Waals surface area (Å²) >= 11 is 1.73. The second-order valence-corrected chi connectivity index (χ2v) is 8.65. The molecule has 1 aliphatic rings. The molecule has 1 heterocycles. The monoisotopic (exact) mass is 476 g/mol. The smallest absolute Gasteiger partial charge is 0.271 e. The first-order chi connectivity index (χ1) is 16.6. The number of carbonyl (C=O) groups is 1. The van der Waals surface area contributed by atoms with Gasteiger partial charge in [0.15, 0.2) is 0 Å². The lowest BCUT2D eigenvalue weighted by Crippen LogP contribution is -2.36. The fourth-order valence-electron chi connectivity index (χ4n) is 3.51. The average molecular weight is 477 g/mol. The number of nitro groups is 1. The van der Waals surface area contributed by atoms with Crippen molar-refractivity contribution in [3.8, 4) is 0 Å². The maximum Gasteiger partial charge on any atom is 0.271 e. The third-order valence-electron chi connectivity index (χ3n) is 5.31. The highest BCUT2D eigenvalue weighted by Crippen LogP contribution is 2.25. The van der Waals surface area contributed by atoms with E-state index in [1.165, 1.54) is 23.2 Å². The minimum atomic E-state index is -0.448. The van der Waals surface area contributed by atoms with Gasteiger partial charge in [-0.2, -0.15) is 5.10 Å². The summed E-state index contributed by atoms with van der Waals surface area (Å²) < 4.78 is 5.39. The normalized spacial score (nSPS) is 13.7. The summed E-state index contributed by atoms with van der Waals surface area (Å²) in [5, 5.41) is 15.3. The van der Waals surface area contributed by atoms with Crippen LogP contribution in [0.5, 0.6) is 0 Å². The molecule has 0 spiro atoms. The molecule has 1 N–H and O–H groups in total. The summed E-state index contributed by atoms with van der Waals surface area (Å²) in [4.78, 5) is 26.6. The molecule has 34 heavy (non-hydrogen) atoms. The van der Waals surface area contributed by atoms with Crippen molar-refractivity contribution < 1.29 is 14.5 Å². The Bertz CT molecular complexity index is 1160. The van der Waals surface area contributed by atoms with Crippen molar-refractivity contribution in [2.45, 2.75) is 10.6 Å². The number of morpholine rings is 1. The van der Waals surface area contributed by atoms with Crippen LogP contribution in [0.1, 0.15) is 21.5 Å². The lowest BCUT2D eigenvalue weighted by atomic mass is 10.1. The van der Waals surface area contributed by atoms with Crippen LogP contribution in [0.4, 0.5) is 11.4 Å². The summed E-state index contributed by atoms with van der Waals surface area (Å²) in [7, 11) is 0. The van der Waals surface area contributed by atoms with Crippen LogP contribution >= 0.6 is 11.8 Å². The molecular weight excluding hydrogens is 452 g/mol. The molecule has 4 rings (SSSR count). The van der Waals surface area contributed by atoms with E-state index >= 15 is 0 Å². The topological polar surface area (TPSA) is 97.1 Å². The number of hydrogen-bond acceptors (Lipinski definition) is 7. The van der Waals surface area contributed by atoms with E-state index in [-0.39, 0.29) is 11.6 Å². The van der Waals surface area contributed by atoms with E-state index in [0.29, 0.717) is 37.4 Å². The highest BCUT2D eigenvalue weighted by molar-refractivity contribution is 7.98. The molecule has 0 atom stereocenters. The molecule has 1 saturated heterocycles. The molecule has 0 aromatic heterocycles. The second-order valence-electron chi connectivity index (χ2n) is 7.60. The largest absolute Gasteiger partial charge is 0.378 e. The van der Waals surface area contributed by atoms with E-state index in [0.717, 1.165) is 17.0 Å². The Labute approximate surface area is 201 Å². The van der Waals surface area contributed by atoms with Gasteiger partial charge in [-0.05, 0) is 35.9 Å². The zero-order valence-electron chi connectivity index (χ0n) is 18.4. The fourth-order valence-corrected chi connectivity index (χ4v) is 4.39. The number of carbonyl (C=O) groups excluding carboxylic acids is 1. The Hall–Kier alpha value is -3.69. The second kappa shape index (κ2) is 11.4. The summed E-state index contributed by atoms with van der Waals surface area (Å²) in [6.45, 7) is 2.54. The van der Waals surface area contributed by atoms with Crippen molar-refractivity contribution in [2.75, 3.05) is 31.2 Å². The lowest BCUT2D eigenvalue weighted by molar-refractivity contribution is -0.384. The Morgan fingerprint density at radius 2 is 1.82 bits per heavy atom. The first kappa shape index (κ1) is 23.5. The fraction of sp³-hybridized carbons (Fsp3) is 0.200. The Morgan fingerprint density at radius 3 is 2.53 bits per heavy atom. The number of non-ortho nitro benzene ring substituents is 1. The molecule has 1 amide bonds. The maximum absolute atomic E-state index is 12.5. The van der Waals surface area contributed by atoms with Gasteiger partial charge in [0.05, 0.1) is 24.4 Å². The lowest BCUT2D eigenvalue weighted by Gasteiger charge is -2.29. The first-order valence-corrected chi connectivity index (χ1v) is 11.8. The van der Waals surface area contributed by atoms with Crippen molar-refractivity contribution in [1.82, 2.24) is 5.43 Å². The Balaban J connectivity index is 1.40. The zero-order chi connectivity index (χ0) is 23.8. The van der Waals surface area contributed by atoms with Crippen molar-refractivity contribution >= 4 is 35.3 Å². The number of hydrazone groups is 1.